The number of aromatic nitrogens is 1. The molecule has 1 N–H and O–H groups in total. The first-order chi connectivity index (χ1) is 11.7. The van der Waals surface area contributed by atoms with Gasteiger partial charge in [0.05, 0.1) is 0 Å². The monoisotopic (exact) mass is 321 g/mol. The normalized spacial score (nSPS) is 10.7. The lowest BCUT2D eigenvalue weighted by Gasteiger charge is -2.19. The third-order valence-corrected chi connectivity index (χ3v) is 4.23. The molecule has 3 aromatic rings. The van der Waals surface area contributed by atoms with Gasteiger partial charge in [0, 0.05) is 50.5 Å². The molecule has 0 saturated carbocycles. The second kappa shape index (κ2) is 7.68. The Morgan fingerprint density at radius 2 is 1.79 bits per heavy atom. The molecule has 124 valence electrons. The highest BCUT2D eigenvalue weighted by Gasteiger charge is 2.05. The van der Waals surface area contributed by atoms with Crippen LogP contribution in [0, 0.1) is 0 Å². The third-order valence-electron chi connectivity index (χ3n) is 4.23. The molecule has 0 unspecified atom stereocenters. The highest BCUT2D eigenvalue weighted by Crippen LogP contribution is 2.15. The maximum absolute atomic E-state index is 12.0. The number of para-hydroxylation sites is 2. The number of carbonyl (C=O) groups excluding carboxylic acids is 1. The Bertz CT molecular complexity index is 795. The van der Waals surface area contributed by atoms with Gasteiger partial charge in [-0.1, -0.05) is 36.4 Å². The van der Waals surface area contributed by atoms with E-state index in [0.29, 0.717) is 19.5 Å². The fraction of sp³-hybridized carbons (Fsp3) is 0.250. The Hall–Kier alpha value is -2.75. The first-order valence-corrected chi connectivity index (χ1v) is 8.31. The molecule has 0 spiro atoms. The molecule has 2 aromatic carbocycles. The van der Waals surface area contributed by atoms with Crippen molar-refractivity contribution in [2.24, 2.45) is 0 Å². The molecule has 24 heavy (non-hydrogen) atoms. The van der Waals surface area contributed by atoms with Gasteiger partial charge in [-0.3, -0.25) is 4.79 Å². The topological polar surface area (TPSA) is 37.3 Å². The Kier molecular flexibility index (Phi) is 5.16. The first-order valence-electron chi connectivity index (χ1n) is 8.31. The van der Waals surface area contributed by atoms with E-state index >= 15 is 0 Å². The number of fused-ring (bicyclic) bond motifs is 1. The summed E-state index contributed by atoms with van der Waals surface area (Å²) >= 11 is 0. The van der Waals surface area contributed by atoms with Gasteiger partial charge in [-0.15, -0.1) is 0 Å². The van der Waals surface area contributed by atoms with Gasteiger partial charge in [0.1, 0.15) is 0 Å². The van der Waals surface area contributed by atoms with Gasteiger partial charge in [0.25, 0.3) is 0 Å². The summed E-state index contributed by atoms with van der Waals surface area (Å²) in [5, 5.41) is 4.21. The van der Waals surface area contributed by atoms with Crippen LogP contribution in [0.3, 0.4) is 0 Å². The molecule has 1 heterocycles. The van der Waals surface area contributed by atoms with E-state index in [-0.39, 0.29) is 5.91 Å². The molecular formula is C20H23N3O. The summed E-state index contributed by atoms with van der Waals surface area (Å²) in [6.45, 7) is 2.15. The molecule has 0 aliphatic carbocycles. The first kappa shape index (κ1) is 16.1. The summed E-state index contributed by atoms with van der Waals surface area (Å²) in [5.41, 5.74) is 2.33. The van der Waals surface area contributed by atoms with Crippen molar-refractivity contribution in [2.75, 3.05) is 25.0 Å². The molecule has 0 fully saturated rings. The molecule has 4 heteroatoms. The van der Waals surface area contributed by atoms with E-state index < -0.39 is 0 Å². The Morgan fingerprint density at radius 3 is 2.62 bits per heavy atom. The van der Waals surface area contributed by atoms with E-state index in [1.807, 2.05) is 43.6 Å². The quantitative estimate of drug-likeness (QED) is 0.725. The maximum Gasteiger partial charge on any atom is 0.221 e. The zero-order valence-corrected chi connectivity index (χ0v) is 14.0. The average molecular weight is 321 g/mol. The number of benzene rings is 2. The van der Waals surface area contributed by atoms with Crippen molar-refractivity contribution in [3.05, 3.63) is 66.9 Å². The summed E-state index contributed by atoms with van der Waals surface area (Å²) in [7, 11) is 2.04. The molecule has 0 radical (unpaired) electrons. The smallest absolute Gasteiger partial charge is 0.221 e. The fourth-order valence-corrected chi connectivity index (χ4v) is 2.82. The van der Waals surface area contributed by atoms with Crippen LogP contribution in [0.25, 0.3) is 10.9 Å². The summed E-state index contributed by atoms with van der Waals surface area (Å²) in [6.07, 6.45) is 2.54. The van der Waals surface area contributed by atoms with Crippen LogP contribution in [-0.4, -0.2) is 30.6 Å². The molecule has 0 aliphatic rings. The Morgan fingerprint density at radius 1 is 1.04 bits per heavy atom. The molecule has 3 rings (SSSR count). The van der Waals surface area contributed by atoms with Crippen LogP contribution in [0.1, 0.15) is 6.42 Å². The Balaban J connectivity index is 1.43. The molecule has 0 atom stereocenters. The molecule has 0 aliphatic heterocycles. The third kappa shape index (κ3) is 3.96. The number of aryl methyl sites for hydroxylation is 1. The van der Waals surface area contributed by atoms with Crippen LogP contribution in [-0.2, 0) is 11.3 Å². The lowest BCUT2D eigenvalue weighted by atomic mass is 10.2. The molecule has 1 amide bonds. The van der Waals surface area contributed by atoms with E-state index in [1.165, 1.54) is 10.9 Å². The highest BCUT2D eigenvalue weighted by atomic mass is 16.1. The van der Waals surface area contributed by atoms with Gasteiger partial charge in [-0.25, -0.2) is 0 Å². The molecule has 0 saturated heterocycles. The lowest BCUT2D eigenvalue weighted by Crippen LogP contribution is -2.33. The predicted octanol–water partition coefficient (Wildman–Crippen LogP) is 3.28. The number of anilines is 1. The minimum absolute atomic E-state index is 0.0919. The van der Waals surface area contributed by atoms with E-state index in [1.54, 1.807) is 0 Å². The number of carbonyl (C=O) groups is 1. The molecule has 1 aromatic heterocycles. The van der Waals surface area contributed by atoms with Gasteiger partial charge >= 0.3 is 0 Å². The van der Waals surface area contributed by atoms with Gasteiger partial charge < -0.3 is 14.8 Å². The van der Waals surface area contributed by atoms with E-state index in [4.69, 9.17) is 0 Å². The van der Waals surface area contributed by atoms with Crippen molar-refractivity contribution in [1.82, 2.24) is 9.88 Å². The largest absolute Gasteiger partial charge is 0.373 e. The second-order valence-corrected chi connectivity index (χ2v) is 5.93. The number of hydrogen-bond donors (Lipinski definition) is 1. The number of likely N-dealkylation sites (N-methyl/N-ethyl adjacent to an activating group) is 1. The Labute approximate surface area is 142 Å². The zero-order chi connectivity index (χ0) is 16.8. The number of amides is 1. The average Bonchev–Trinajstić information content (AvgIpc) is 3.04. The number of rotatable bonds is 7. The van der Waals surface area contributed by atoms with E-state index in [9.17, 15) is 4.79 Å². The van der Waals surface area contributed by atoms with Crippen LogP contribution >= 0.6 is 0 Å². The van der Waals surface area contributed by atoms with Crippen molar-refractivity contribution in [3.8, 4) is 0 Å². The predicted molar refractivity (Wildman–Crippen MR) is 99.3 cm³/mol. The second-order valence-electron chi connectivity index (χ2n) is 5.93. The van der Waals surface area contributed by atoms with Crippen molar-refractivity contribution in [3.63, 3.8) is 0 Å². The molecular weight excluding hydrogens is 298 g/mol. The standard InChI is InChI=1S/C20H23N3O/c1-22(18-8-3-2-4-9-18)16-13-21-20(24)12-15-23-14-11-17-7-5-6-10-19(17)23/h2-11,14H,12-13,15-16H2,1H3,(H,21,24). The van der Waals surface area contributed by atoms with Crippen LogP contribution in [0.15, 0.2) is 66.9 Å². The zero-order valence-electron chi connectivity index (χ0n) is 14.0. The van der Waals surface area contributed by atoms with Crippen molar-refractivity contribution < 1.29 is 4.79 Å². The number of nitrogens with zero attached hydrogens (tertiary/aromatic N) is 2. The van der Waals surface area contributed by atoms with Crippen LogP contribution in [0.4, 0.5) is 5.69 Å². The highest BCUT2D eigenvalue weighted by molar-refractivity contribution is 5.80. The number of nitrogens with one attached hydrogen (secondary N) is 1. The van der Waals surface area contributed by atoms with Crippen LogP contribution < -0.4 is 10.2 Å². The maximum atomic E-state index is 12.0. The van der Waals surface area contributed by atoms with Crippen molar-refractivity contribution in [1.29, 1.82) is 0 Å². The summed E-state index contributed by atoms with van der Waals surface area (Å²) < 4.78 is 2.13. The van der Waals surface area contributed by atoms with Gasteiger partial charge in [-0.2, -0.15) is 0 Å². The van der Waals surface area contributed by atoms with Crippen LogP contribution in [0.5, 0.6) is 0 Å². The minimum Gasteiger partial charge on any atom is -0.373 e. The fourth-order valence-electron chi connectivity index (χ4n) is 2.82. The summed E-state index contributed by atoms with van der Waals surface area (Å²) in [5.74, 6) is 0.0919. The van der Waals surface area contributed by atoms with Gasteiger partial charge in [0.2, 0.25) is 5.91 Å². The van der Waals surface area contributed by atoms with Crippen molar-refractivity contribution >= 4 is 22.5 Å². The SMILES string of the molecule is CN(CCNC(=O)CCn1ccc2ccccc21)c1ccccc1. The van der Waals surface area contributed by atoms with Crippen LogP contribution in [0.2, 0.25) is 0 Å². The minimum atomic E-state index is 0.0919. The summed E-state index contributed by atoms with van der Waals surface area (Å²) in [4.78, 5) is 14.2. The van der Waals surface area contributed by atoms with Gasteiger partial charge in [-0.05, 0) is 29.7 Å². The van der Waals surface area contributed by atoms with E-state index in [2.05, 4.69) is 45.1 Å². The van der Waals surface area contributed by atoms with Crippen molar-refractivity contribution in [2.45, 2.75) is 13.0 Å². The molecule has 0 bridgehead atoms. The van der Waals surface area contributed by atoms with Gasteiger partial charge in [0.15, 0.2) is 0 Å². The van der Waals surface area contributed by atoms with E-state index in [0.717, 1.165) is 12.2 Å². The lowest BCUT2D eigenvalue weighted by molar-refractivity contribution is -0.121. The number of hydrogen-bond acceptors (Lipinski definition) is 2. The molecule has 4 nitrogen and oxygen atoms in total. The summed E-state index contributed by atoms with van der Waals surface area (Å²) in [6, 6.07) is 20.5.